The predicted molar refractivity (Wildman–Crippen MR) is 82.7 cm³/mol. The summed E-state index contributed by atoms with van der Waals surface area (Å²) >= 11 is 5.56. The average molecular weight is 300 g/mol. The van der Waals surface area contributed by atoms with Crippen LogP contribution in [0, 0.1) is 5.92 Å². The van der Waals surface area contributed by atoms with Gasteiger partial charge in [-0.3, -0.25) is 9.59 Å². The van der Waals surface area contributed by atoms with Crippen molar-refractivity contribution in [2.24, 2.45) is 5.92 Å². The number of amides is 1. The molecule has 0 radical (unpaired) electrons. The quantitative estimate of drug-likeness (QED) is 0.799. The summed E-state index contributed by atoms with van der Waals surface area (Å²) in [5, 5.41) is 1.97. The number of anilines is 1. The van der Waals surface area contributed by atoms with Gasteiger partial charge in [-0.25, -0.2) is 0 Å². The van der Waals surface area contributed by atoms with E-state index in [1.54, 1.807) is 4.90 Å². The third kappa shape index (κ3) is 1.88. The number of aryl methyl sites for hydroxylation is 2. The summed E-state index contributed by atoms with van der Waals surface area (Å²) in [6.07, 6.45) is 2.34. The highest BCUT2D eigenvalue weighted by Gasteiger charge is 2.35. The largest absolute Gasteiger partial charge is 0.311 e. The van der Waals surface area contributed by atoms with Gasteiger partial charge in [0.25, 0.3) is 0 Å². The van der Waals surface area contributed by atoms with Gasteiger partial charge >= 0.3 is 0 Å². The number of carbonyl (C=O) groups is 2. The number of nitrogens with zero attached hydrogens (tertiary/aromatic N) is 1. The SMILES string of the molecule is O=C(Cl)C1CC(=O)N(c2ccc3c4c(cccc24)CC3)C1. The van der Waals surface area contributed by atoms with Crippen molar-refractivity contribution in [3.63, 3.8) is 0 Å². The fourth-order valence-corrected chi connectivity index (χ4v) is 3.71. The minimum Gasteiger partial charge on any atom is -0.311 e. The van der Waals surface area contributed by atoms with E-state index in [1.807, 2.05) is 12.1 Å². The van der Waals surface area contributed by atoms with Crippen LogP contribution in [-0.2, 0) is 22.4 Å². The smallest absolute Gasteiger partial charge is 0.227 e. The van der Waals surface area contributed by atoms with Crippen molar-refractivity contribution < 1.29 is 9.59 Å². The van der Waals surface area contributed by atoms with E-state index in [-0.39, 0.29) is 18.2 Å². The molecule has 3 nitrogen and oxygen atoms in total. The highest BCUT2D eigenvalue weighted by atomic mass is 35.5. The molecule has 2 aromatic carbocycles. The first-order chi connectivity index (χ1) is 10.1. The number of carbonyl (C=O) groups excluding carboxylic acids is 2. The molecule has 1 aliphatic heterocycles. The van der Waals surface area contributed by atoms with Crippen molar-refractivity contribution >= 4 is 39.2 Å². The zero-order valence-corrected chi connectivity index (χ0v) is 12.2. The highest BCUT2D eigenvalue weighted by molar-refractivity contribution is 6.64. The standard InChI is InChI=1S/C17H14ClNO2/c18-17(21)12-8-15(20)19(9-12)14-7-6-11-5-4-10-2-1-3-13(14)16(10)11/h1-3,6-7,12H,4-5,8-9H2. The number of halogens is 1. The molecule has 4 heteroatoms. The molecule has 1 fully saturated rings. The second-order valence-electron chi connectivity index (χ2n) is 5.79. The normalized spacial score (nSPS) is 20.5. The fourth-order valence-electron chi connectivity index (χ4n) is 3.56. The van der Waals surface area contributed by atoms with E-state index in [1.165, 1.54) is 16.5 Å². The maximum atomic E-state index is 12.2. The van der Waals surface area contributed by atoms with Crippen molar-refractivity contribution in [3.8, 4) is 0 Å². The van der Waals surface area contributed by atoms with E-state index in [4.69, 9.17) is 11.6 Å². The van der Waals surface area contributed by atoms with Gasteiger partial charge in [-0.15, -0.1) is 0 Å². The van der Waals surface area contributed by atoms with Gasteiger partial charge in [0, 0.05) is 18.4 Å². The van der Waals surface area contributed by atoms with E-state index in [9.17, 15) is 9.59 Å². The Morgan fingerprint density at radius 2 is 1.90 bits per heavy atom. The predicted octanol–water partition coefficient (Wildman–Crippen LogP) is 3.06. The van der Waals surface area contributed by atoms with Crippen molar-refractivity contribution in [2.75, 3.05) is 11.4 Å². The molecule has 0 aromatic heterocycles. The summed E-state index contributed by atoms with van der Waals surface area (Å²) in [6, 6.07) is 10.4. The maximum Gasteiger partial charge on any atom is 0.227 e. The molecule has 0 N–H and O–H groups in total. The van der Waals surface area contributed by atoms with Crippen molar-refractivity contribution in [1.29, 1.82) is 0 Å². The van der Waals surface area contributed by atoms with Gasteiger partial charge in [-0.05, 0) is 47.0 Å². The fraction of sp³-hybridized carbons (Fsp3) is 0.294. The molecule has 0 bridgehead atoms. The lowest BCUT2D eigenvalue weighted by Gasteiger charge is -2.19. The first-order valence-corrected chi connectivity index (χ1v) is 7.56. The Morgan fingerprint density at radius 3 is 2.62 bits per heavy atom. The Hall–Kier alpha value is -1.87. The Balaban J connectivity index is 1.85. The molecule has 2 aliphatic rings. The van der Waals surface area contributed by atoms with Crippen LogP contribution in [0.5, 0.6) is 0 Å². The van der Waals surface area contributed by atoms with E-state index < -0.39 is 5.24 Å². The molecule has 1 heterocycles. The van der Waals surface area contributed by atoms with E-state index in [0.29, 0.717) is 6.54 Å². The van der Waals surface area contributed by atoms with Gasteiger partial charge in [0.15, 0.2) is 0 Å². The van der Waals surface area contributed by atoms with Crippen molar-refractivity contribution in [2.45, 2.75) is 19.3 Å². The van der Waals surface area contributed by atoms with Gasteiger partial charge in [-0.1, -0.05) is 24.3 Å². The Morgan fingerprint density at radius 1 is 1.14 bits per heavy atom. The van der Waals surface area contributed by atoms with Gasteiger partial charge < -0.3 is 4.90 Å². The molecular weight excluding hydrogens is 286 g/mol. The third-order valence-corrected chi connectivity index (χ3v) is 4.90. The van der Waals surface area contributed by atoms with E-state index >= 15 is 0 Å². The minimum absolute atomic E-state index is 0.0206. The number of rotatable bonds is 2. The van der Waals surface area contributed by atoms with Crippen molar-refractivity contribution in [1.82, 2.24) is 0 Å². The Bertz CT molecular complexity index is 773. The molecule has 0 saturated carbocycles. The van der Waals surface area contributed by atoms with E-state index in [2.05, 4.69) is 18.2 Å². The first kappa shape index (κ1) is 12.8. The van der Waals surface area contributed by atoms with Gasteiger partial charge in [0.1, 0.15) is 0 Å². The van der Waals surface area contributed by atoms with Crippen molar-refractivity contribution in [3.05, 3.63) is 41.5 Å². The summed E-state index contributed by atoms with van der Waals surface area (Å²) in [7, 11) is 0. The molecule has 1 atom stereocenters. The monoisotopic (exact) mass is 299 g/mol. The van der Waals surface area contributed by atoms with Crippen LogP contribution in [-0.4, -0.2) is 17.7 Å². The summed E-state index contributed by atoms with van der Waals surface area (Å²) in [5.74, 6) is -0.407. The van der Waals surface area contributed by atoms with Crippen LogP contribution in [0.4, 0.5) is 5.69 Å². The topological polar surface area (TPSA) is 37.4 Å². The molecule has 1 aliphatic carbocycles. The van der Waals surface area contributed by atoms with Crippen LogP contribution in [0.15, 0.2) is 30.3 Å². The molecule has 21 heavy (non-hydrogen) atoms. The number of benzene rings is 2. The lowest BCUT2D eigenvalue weighted by Crippen LogP contribution is -2.25. The lowest BCUT2D eigenvalue weighted by atomic mass is 10.0. The van der Waals surface area contributed by atoms with Crippen LogP contribution >= 0.6 is 11.6 Å². The molecule has 1 amide bonds. The third-order valence-electron chi connectivity index (χ3n) is 4.59. The van der Waals surface area contributed by atoms with Gasteiger partial charge in [-0.2, -0.15) is 0 Å². The minimum atomic E-state index is -0.420. The van der Waals surface area contributed by atoms with E-state index in [0.717, 1.165) is 23.9 Å². The lowest BCUT2D eigenvalue weighted by molar-refractivity contribution is -0.120. The average Bonchev–Trinajstić information content (AvgIpc) is 3.05. The molecule has 106 valence electrons. The molecular formula is C17H14ClNO2. The molecule has 1 unspecified atom stereocenters. The number of hydrogen-bond acceptors (Lipinski definition) is 2. The number of hydrogen-bond donors (Lipinski definition) is 0. The molecule has 2 aromatic rings. The van der Waals surface area contributed by atoms with Gasteiger partial charge in [0.2, 0.25) is 11.1 Å². The van der Waals surface area contributed by atoms with Crippen LogP contribution in [0.3, 0.4) is 0 Å². The maximum absolute atomic E-state index is 12.2. The Kier molecular flexibility index (Phi) is 2.79. The molecule has 4 rings (SSSR count). The van der Waals surface area contributed by atoms with Crippen LogP contribution < -0.4 is 4.90 Å². The highest BCUT2D eigenvalue weighted by Crippen LogP contribution is 2.38. The van der Waals surface area contributed by atoms with Crippen LogP contribution in [0.2, 0.25) is 0 Å². The summed E-state index contributed by atoms with van der Waals surface area (Å²) < 4.78 is 0. The summed E-state index contributed by atoms with van der Waals surface area (Å²) in [6.45, 7) is 0.389. The van der Waals surface area contributed by atoms with Gasteiger partial charge in [0.05, 0.1) is 11.6 Å². The summed E-state index contributed by atoms with van der Waals surface area (Å²) in [4.78, 5) is 25.3. The Labute approximate surface area is 127 Å². The first-order valence-electron chi connectivity index (χ1n) is 7.18. The zero-order chi connectivity index (χ0) is 14.6. The van der Waals surface area contributed by atoms with Crippen LogP contribution in [0.1, 0.15) is 17.5 Å². The second kappa shape index (κ2) is 4.57. The zero-order valence-electron chi connectivity index (χ0n) is 11.4. The summed E-state index contributed by atoms with van der Waals surface area (Å²) in [5.41, 5.74) is 3.60. The molecule has 1 saturated heterocycles. The van der Waals surface area contributed by atoms with Crippen LogP contribution in [0.25, 0.3) is 10.8 Å². The molecule has 0 spiro atoms. The second-order valence-corrected chi connectivity index (χ2v) is 6.17.